The van der Waals surface area contributed by atoms with E-state index < -0.39 is 0 Å². The Morgan fingerprint density at radius 2 is 1.56 bits per heavy atom. The molecule has 0 fully saturated rings. The highest BCUT2D eigenvalue weighted by molar-refractivity contribution is 5.86. The van der Waals surface area contributed by atoms with Crippen LogP contribution in [-0.4, -0.2) is 43.2 Å². The molecule has 1 aromatic heterocycles. The lowest BCUT2D eigenvalue weighted by Gasteiger charge is -2.22. The zero-order valence-electron chi connectivity index (χ0n) is 23.7. The Hall–Kier alpha value is -4.58. The van der Waals surface area contributed by atoms with Crippen molar-refractivity contribution in [2.75, 3.05) is 27.8 Å². The first kappa shape index (κ1) is 28.0. The summed E-state index contributed by atoms with van der Waals surface area (Å²) in [6.07, 6.45) is 3.11. The zero-order chi connectivity index (χ0) is 28.8. The first-order valence-electron chi connectivity index (χ1n) is 13.8. The van der Waals surface area contributed by atoms with Crippen LogP contribution in [0.25, 0.3) is 10.9 Å². The highest BCUT2D eigenvalue weighted by atomic mass is 19.1. The fraction of sp³-hybridized carbons (Fsp3) is 0.229. The summed E-state index contributed by atoms with van der Waals surface area (Å²) in [4.78, 5) is 15.4. The van der Waals surface area contributed by atoms with Crippen molar-refractivity contribution in [2.24, 2.45) is 0 Å². The third kappa shape index (κ3) is 6.43. The van der Waals surface area contributed by atoms with Gasteiger partial charge in [0.1, 0.15) is 5.82 Å². The number of amides is 1. The maximum absolute atomic E-state index is 13.9. The van der Waals surface area contributed by atoms with Crippen molar-refractivity contribution in [1.82, 2.24) is 9.47 Å². The van der Waals surface area contributed by atoms with Gasteiger partial charge in [0.25, 0.3) is 0 Å². The summed E-state index contributed by atoms with van der Waals surface area (Å²) in [5, 5.41) is 1.10. The number of fused-ring (bicyclic) bond motifs is 1. The molecule has 0 radical (unpaired) electrons. The number of benzene rings is 4. The predicted molar refractivity (Wildman–Crippen MR) is 161 cm³/mol. The Morgan fingerprint density at radius 1 is 0.854 bits per heavy atom. The Kier molecular flexibility index (Phi) is 8.68. The second-order valence-corrected chi connectivity index (χ2v) is 10.3. The van der Waals surface area contributed by atoms with E-state index in [0.717, 1.165) is 34.1 Å². The maximum Gasteiger partial charge on any atom is 0.223 e. The second kappa shape index (κ2) is 12.7. The molecule has 210 valence electrons. The number of ether oxygens (including phenoxy) is 2. The molecule has 0 aliphatic rings. The van der Waals surface area contributed by atoms with Crippen LogP contribution in [0.3, 0.4) is 0 Å². The maximum atomic E-state index is 13.9. The molecule has 5 aromatic rings. The summed E-state index contributed by atoms with van der Waals surface area (Å²) in [6, 6.07) is 30.9. The molecule has 41 heavy (non-hydrogen) atoms. The Balaban J connectivity index is 1.41. The minimum Gasteiger partial charge on any atom is -0.493 e. The van der Waals surface area contributed by atoms with Gasteiger partial charge in [0.15, 0.2) is 11.5 Å². The summed E-state index contributed by atoms with van der Waals surface area (Å²) >= 11 is 0. The molecule has 0 aliphatic heterocycles. The van der Waals surface area contributed by atoms with E-state index in [1.54, 1.807) is 31.3 Å². The van der Waals surface area contributed by atoms with Crippen LogP contribution in [0.2, 0.25) is 0 Å². The van der Waals surface area contributed by atoms with Gasteiger partial charge < -0.3 is 18.9 Å². The van der Waals surface area contributed by atoms with Crippen LogP contribution in [0.15, 0.2) is 103 Å². The van der Waals surface area contributed by atoms with Gasteiger partial charge in [-0.2, -0.15) is 0 Å². The van der Waals surface area contributed by atoms with Crippen molar-refractivity contribution < 1.29 is 18.7 Å². The van der Waals surface area contributed by atoms with Crippen LogP contribution in [0.5, 0.6) is 11.5 Å². The van der Waals surface area contributed by atoms with Gasteiger partial charge in [-0.3, -0.25) is 4.79 Å². The Morgan fingerprint density at radius 3 is 2.29 bits per heavy atom. The van der Waals surface area contributed by atoms with Gasteiger partial charge in [-0.1, -0.05) is 66.7 Å². The van der Waals surface area contributed by atoms with Gasteiger partial charge in [0, 0.05) is 49.6 Å². The number of halogens is 1. The standard InChI is InChI=1S/C35H35FN2O3/c1-37(20-19-25-13-18-33(40-2)34(21-25)41-3)35(39)22-30(27-14-16-28(36)17-15-27)31-24-38(23-26-9-5-4-6-10-26)32-12-8-7-11-29(31)32/h4-18,21,24,30H,19-20,22-23H2,1-3H3. The summed E-state index contributed by atoms with van der Waals surface area (Å²) in [5.41, 5.74) is 5.33. The molecule has 5 nitrogen and oxygen atoms in total. The van der Waals surface area contributed by atoms with Crippen molar-refractivity contribution in [1.29, 1.82) is 0 Å². The third-order valence-electron chi connectivity index (χ3n) is 7.65. The Bertz CT molecular complexity index is 1610. The van der Waals surface area contributed by atoms with Gasteiger partial charge in [0.05, 0.1) is 14.2 Å². The topological polar surface area (TPSA) is 43.7 Å². The number of carbonyl (C=O) groups excluding carboxylic acids is 1. The lowest BCUT2D eigenvalue weighted by atomic mass is 9.87. The molecular formula is C35H35FN2O3. The average molecular weight is 551 g/mol. The van der Waals surface area contributed by atoms with E-state index in [9.17, 15) is 9.18 Å². The molecule has 6 heteroatoms. The number of likely N-dealkylation sites (N-methyl/N-ethyl adjacent to an activating group) is 1. The van der Waals surface area contributed by atoms with Crippen LogP contribution in [-0.2, 0) is 17.8 Å². The fourth-order valence-corrected chi connectivity index (χ4v) is 5.35. The first-order valence-corrected chi connectivity index (χ1v) is 13.8. The lowest BCUT2D eigenvalue weighted by molar-refractivity contribution is -0.130. The number of carbonyl (C=O) groups is 1. The van der Waals surface area contributed by atoms with E-state index in [2.05, 4.69) is 35.0 Å². The van der Waals surface area contributed by atoms with Gasteiger partial charge in [-0.15, -0.1) is 0 Å². The van der Waals surface area contributed by atoms with Gasteiger partial charge in [0.2, 0.25) is 5.91 Å². The molecule has 1 unspecified atom stereocenters. The smallest absolute Gasteiger partial charge is 0.223 e. The SMILES string of the molecule is COc1ccc(CCN(C)C(=O)CC(c2ccc(F)cc2)c2cn(Cc3ccccc3)c3ccccc23)cc1OC. The van der Waals surface area contributed by atoms with Crippen LogP contribution in [0.1, 0.15) is 34.6 Å². The van der Waals surface area contributed by atoms with Crippen molar-refractivity contribution in [3.63, 3.8) is 0 Å². The minimum absolute atomic E-state index is 0.0275. The number of hydrogen-bond acceptors (Lipinski definition) is 3. The lowest BCUT2D eigenvalue weighted by Crippen LogP contribution is -2.30. The van der Waals surface area contributed by atoms with Crippen molar-refractivity contribution in [3.8, 4) is 11.5 Å². The third-order valence-corrected chi connectivity index (χ3v) is 7.65. The van der Waals surface area contributed by atoms with E-state index in [-0.39, 0.29) is 24.1 Å². The molecule has 0 aliphatic carbocycles. The second-order valence-electron chi connectivity index (χ2n) is 10.3. The molecule has 1 amide bonds. The minimum atomic E-state index is -0.294. The molecule has 1 atom stereocenters. The highest BCUT2D eigenvalue weighted by Crippen LogP contribution is 2.36. The van der Waals surface area contributed by atoms with E-state index in [0.29, 0.717) is 24.5 Å². The average Bonchev–Trinajstić information content (AvgIpc) is 3.37. The normalized spacial score (nSPS) is 11.8. The summed E-state index contributed by atoms with van der Waals surface area (Å²) in [7, 11) is 5.06. The molecule has 0 N–H and O–H groups in total. The van der Waals surface area contributed by atoms with E-state index in [1.807, 2.05) is 55.6 Å². The molecule has 0 saturated carbocycles. The summed E-state index contributed by atoms with van der Waals surface area (Å²) in [5.74, 6) is 0.849. The number of para-hydroxylation sites is 1. The number of nitrogens with zero attached hydrogens (tertiary/aromatic N) is 2. The molecule has 0 saturated heterocycles. The molecule has 0 bridgehead atoms. The zero-order valence-corrected chi connectivity index (χ0v) is 23.7. The van der Waals surface area contributed by atoms with Crippen LogP contribution < -0.4 is 9.47 Å². The van der Waals surface area contributed by atoms with Crippen LogP contribution in [0, 0.1) is 5.82 Å². The van der Waals surface area contributed by atoms with Crippen LogP contribution in [0.4, 0.5) is 4.39 Å². The number of aromatic nitrogens is 1. The van der Waals surface area contributed by atoms with E-state index in [1.165, 1.54) is 17.7 Å². The summed E-state index contributed by atoms with van der Waals surface area (Å²) in [6.45, 7) is 1.27. The molecule has 1 heterocycles. The van der Waals surface area contributed by atoms with Crippen molar-refractivity contribution in [2.45, 2.75) is 25.3 Å². The van der Waals surface area contributed by atoms with E-state index >= 15 is 0 Å². The van der Waals surface area contributed by atoms with E-state index in [4.69, 9.17) is 9.47 Å². The van der Waals surface area contributed by atoms with Crippen molar-refractivity contribution in [3.05, 3.63) is 131 Å². The Labute approximate surface area is 240 Å². The molecule has 4 aromatic carbocycles. The molecule has 5 rings (SSSR count). The summed E-state index contributed by atoms with van der Waals surface area (Å²) < 4.78 is 26.9. The van der Waals surface area contributed by atoms with Gasteiger partial charge in [-0.05, 0) is 59.0 Å². The number of methoxy groups -OCH3 is 2. The van der Waals surface area contributed by atoms with Crippen molar-refractivity contribution >= 4 is 16.8 Å². The quantitative estimate of drug-likeness (QED) is 0.177. The number of hydrogen-bond donors (Lipinski definition) is 0. The van der Waals surface area contributed by atoms with Gasteiger partial charge in [-0.25, -0.2) is 4.39 Å². The van der Waals surface area contributed by atoms with Gasteiger partial charge >= 0.3 is 0 Å². The predicted octanol–water partition coefficient (Wildman–Crippen LogP) is 7.07. The largest absolute Gasteiger partial charge is 0.493 e. The highest BCUT2D eigenvalue weighted by Gasteiger charge is 2.24. The number of rotatable bonds is 11. The monoisotopic (exact) mass is 550 g/mol. The first-order chi connectivity index (χ1) is 20.0. The molecule has 0 spiro atoms. The van der Waals surface area contributed by atoms with Crippen LogP contribution >= 0.6 is 0 Å². The fourth-order valence-electron chi connectivity index (χ4n) is 5.35. The molecular weight excluding hydrogens is 515 g/mol.